The lowest BCUT2D eigenvalue weighted by Gasteiger charge is -2.21. The molecule has 2 rings (SSSR count). The fourth-order valence-electron chi connectivity index (χ4n) is 2.35. The molecule has 0 saturated carbocycles. The molecule has 0 bridgehead atoms. The number of hydrogen-bond acceptors (Lipinski definition) is 2. The van der Waals surface area contributed by atoms with Crippen LogP contribution >= 0.6 is 0 Å². The van der Waals surface area contributed by atoms with Crippen LogP contribution in [0.4, 0.5) is 0 Å². The van der Waals surface area contributed by atoms with Crippen LogP contribution in [0, 0.1) is 0 Å². The largest absolute Gasteiger partial charge is 0.395 e. The second-order valence-corrected chi connectivity index (χ2v) is 5.00. The first-order valence-electron chi connectivity index (χ1n) is 7.23. The third-order valence-electron chi connectivity index (χ3n) is 3.49. The Balaban J connectivity index is 2.12. The zero-order valence-corrected chi connectivity index (χ0v) is 11.9. The Morgan fingerprint density at radius 3 is 2.85 bits per heavy atom. The monoisotopic (exact) mass is 274 g/mol. The number of rotatable bonds is 7. The summed E-state index contributed by atoms with van der Waals surface area (Å²) in [6, 6.07) is 7.66. The van der Waals surface area contributed by atoms with E-state index >= 15 is 0 Å². The smallest absolute Gasteiger partial charge is 0.254 e. The van der Waals surface area contributed by atoms with E-state index in [9.17, 15) is 4.79 Å². The number of nitrogens with zero attached hydrogens (tertiary/aromatic N) is 1. The van der Waals surface area contributed by atoms with E-state index in [4.69, 9.17) is 5.11 Å². The van der Waals surface area contributed by atoms with Gasteiger partial charge in [0, 0.05) is 30.4 Å². The summed E-state index contributed by atoms with van der Waals surface area (Å²) in [5.74, 6) is -0.00773. The zero-order valence-electron chi connectivity index (χ0n) is 11.9. The summed E-state index contributed by atoms with van der Waals surface area (Å²) in [5.41, 5.74) is 1.64. The first-order valence-corrected chi connectivity index (χ1v) is 7.23. The van der Waals surface area contributed by atoms with Gasteiger partial charge in [0.25, 0.3) is 5.91 Å². The molecule has 0 aliphatic carbocycles. The predicted molar refractivity (Wildman–Crippen MR) is 80.8 cm³/mol. The average Bonchev–Trinajstić information content (AvgIpc) is 2.93. The van der Waals surface area contributed by atoms with Crippen LogP contribution in [0.15, 0.2) is 30.5 Å². The minimum Gasteiger partial charge on any atom is -0.395 e. The van der Waals surface area contributed by atoms with Crippen molar-refractivity contribution in [1.82, 2.24) is 9.88 Å². The number of benzene rings is 1. The van der Waals surface area contributed by atoms with Crippen LogP contribution in [0.5, 0.6) is 0 Å². The molecule has 0 radical (unpaired) electrons. The number of hydrogen-bond donors (Lipinski definition) is 2. The summed E-state index contributed by atoms with van der Waals surface area (Å²) in [7, 11) is 0. The standard InChI is InChI=1S/C16H22N2O2/c1-2-3-4-9-18(10-11-19)16(20)14-6-5-13-7-8-17-15(13)12-14/h5-8,12,17,19H,2-4,9-11H2,1H3. The molecule has 2 aromatic rings. The number of H-pyrrole nitrogens is 1. The Kier molecular flexibility index (Phi) is 5.18. The molecule has 0 atom stereocenters. The molecule has 0 unspecified atom stereocenters. The van der Waals surface area contributed by atoms with Crippen LogP contribution in [0.3, 0.4) is 0 Å². The van der Waals surface area contributed by atoms with Gasteiger partial charge in [0.05, 0.1) is 6.61 Å². The highest BCUT2D eigenvalue weighted by atomic mass is 16.3. The lowest BCUT2D eigenvalue weighted by Crippen LogP contribution is -2.34. The first kappa shape index (κ1) is 14.6. The topological polar surface area (TPSA) is 56.3 Å². The number of carbonyl (C=O) groups excluding carboxylic acids is 1. The van der Waals surface area contributed by atoms with E-state index in [0.717, 1.165) is 30.2 Å². The summed E-state index contributed by atoms with van der Waals surface area (Å²) in [5, 5.41) is 10.2. The maximum atomic E-state index is 12.5. The van der Waals surface area contributed by atoms with Gasteiger partial charge in [0.15, 0.2) is 0 Å². The number of nitrogens with one attached hydrogen (secondary N) is 1. The van der Waals surface area contributed by atoms with Gasteiger partial charge in [-0.15, -0.1) is 0 Å². The van der Waals surface area contributed by atoms with Crippen molar-refractivity contribution in [3.05, 3.63) is 36.0 Å². The summed E-state index contributed by atoms with van der Waals surface area (Å²) in [4.78, 5) is 17.3. The number of aliphatic hydroxyl groups is 1. The summed E-state index contributed by atoms with van der Waals surface area (Å²) in [6.45, 7) is 3.24. The lowest BCUT2D eigenvalue weighted by atomic mass is 10.1. The number of fused-ring (bicyclic) bond motifs is 1. The van der Waals surface area contributed by atoms with Crippen LogP contribution in [-0.2, 0) is 0 Å². The number of aromatic nitrogens is 1. The van der Waals surface area contributed by atoms with Gasteiger partial charge in [-0.25, -0.2) is 0 Å². The minimum absolute atomic E-state index is 0.00259. The zero-order chi connectivity index (χ0) is 14.4. The van der Waals surface area contributed by atoms with E-state index in [2.05, 4.69) is 11.9 Å². The molecule has 20 heavy (non-hydrogen) atoms. The van der Waals surface area contributed by atoms with Gasteiger partial charge >= 0.3 is 0 Å². The van der Waals surface area contributed by atoms with Crippen LogP contribution in [0.1, 0.15) is 36.5 Å². The molecule has 1 heterocycles. The van der Waals surface area contributed by atoms with Crippen molar-refractivity contribution in [2.75, 3.05) is 19.7 Å². The van der Waals surface area contributed by atoms with E-state index in [0.29, 0.717) is 18.7 Å². The van der Waals surface area contributed by atoms with Gasteiger partial charge < -0.3 is 15.0 Å². The van der Waals surface area contributed by atoms with E-state index in [-0.39, 0.29) is 12.5 Å². The predicted octanol–water partition coefficient (Wildman–Crippen LogP) is 2.79. The van der Waals surface area contributed by atoms with Gasteiger partial charge in [0.2, 0.25) is 0 Å². The maximum Gasteiger partial charge on any atom is 0.254 e. The van der Waals surface area contributed by atoms with Crippen LogP contribution in [0.2, 0.25) is 0 Å². The molecular formula is C16H22N2O2. The molecule has 2 N–H and O–H groups in total. The summed E-state index contributed by atoms with van der Waals surface area (Å²) < 4.78 is 0. The molecule has 0 fully saturated rings. The lowest BCUT2D eigenvalue weighted by molar-refractivity contribution is 0.0719. The summed E-state index contributed by atoms with van der Waals surface area (Å²) >= 11 is 0. The molecule has 0 saturated heterocycles. The van der Waals surface area contributed by atoms with Crippen molar-refractivity contribution in [2.24, 2.45) is 0 Å². The minimum atomic E-state index is -0.00773. The van der Waals surface area contributed by atoms with Crippen LogP contribution in [0.25, 0.3) is 10.9 Å². The number of unbranched alkanes of at least 4 members (excludes halogenated alkanes) is 2. The molecule has 108 valence electrons. The Labute approximate surface area is 119 Å². The Hall–Kier alpha value is -1.81. The van der Waals surface area contributed by atoms with E-state index in [1.807, 2.05) is 30.5 Å². The molecule has 4 nitrogen and oxygen atoms in total. The number of aliphatic hydroxyl groups excluding tert-OH is 1. The molecule has 1 aromatic carbocycles. The van der Waals surface area contributed by atoms with Crippen molar-refractivity contribution in [2.45, 2.75) is 26.2 Å². The highest BCUT2D eigenvalue weighted by Crippen LogP contribution is 2.16. The highest BCUT2D eigenvalue weighted by molar-refractivity contribution is 5.97. The third kappa shape index (κ3) is 3.39. The van der Waals surface area contributed by atoms with Crippen LogP contribution < -0.4 is 0 Å². The molecule has 4 heteroatoms. The average molecular weight is 274 g/mol. The van der Waals surface area contributed by atoms with E-state index < -0.39 is 0 Å². The Bertz CT molecular complexity index is 562. The molecule has 1 aromatic heterocycles. The molecular weight excluding hydrogens is 252 g/mol. The molecule has 0 spiro atoms. The van der Waals surface area contributed by atoms with E-state index in [1.54, 1.807) is 4.90 Å². The van der Waals surface area contributed by atoms with Crippen LogP contribution in [-0.4, -0.2) is 40.6 Å². The van der Waals surface area contributed by atoms with Crippen molar-refractivity contribution in [3.8, 4) is 0 Å². The number of aromatic amines is 1. The fourth-order valence-corrected chi connectivity index (χ4v) is 2.35. The second-order valence-electron chi connectivity index (χ2n) is 5.00. The Morgan fingerprint density at radius 1 is 1.25 bits per heavy atom. The quantitative estimate of drug-likeness (QED) is 0.763. The fraction of sp³-hybridized carbons (Fsp3) is 0.438. The molecule has 1 amide bonds. The number of carbonyl (C=O) groups is 1. The second kappa shape index (κ2) is 7.10. The normalized spacial score (nSPS) is 10.9. The highest BCUT2D eigenvalue weighted by Gasteiger charge is 2.15. The Morgan fingerprint density at radius 2 is 2.10 bits per heavy atom. The van der Waals surface area contributed by atoms with E-state index in [1.165, 1.54) is 0 Å². The van der Waals surface area contributed by atoms with Crippen molar-refractivity contribution < 1.29 is 9.90 Å². The summed E-state index contributed by atoms with van der Waals surface area (Å²) in [6.07, 6.45) is 5.07. The van der Waals surface area contributed by atoms with Crippen molar-refractivity contribution in [1.29, 1.82) is 0 Å². The van der Waals surface area contributed by atoms with Gasteiger partial charge in [-0.3, -0.25) is 4.79 Å². The molecule has 0 aliphatic heterocycles. The first-order chi connectivity index (χ1) is 9.76. The van der Waals surface area contributed by atoms with Crippen molar-refractivity contribution in [3.63, 3.8) is 0 Å². The SMILES string of the molecule is CCCCCN(CCO)C(=O)c1ccc2cc[nH]c2c1. The van der Waals surface area contributed by atoms with Gasteiger partial charge in [0.1, 0.15) is 0 Å². The van der Waals surface area contributed by atoms with Gasteiger partial charge in [-0.2, -0.15) is 0 Å². The van der Waals surface area contributed by atoms with Gasteiger partial charge in [-0.1, -0.05) is 25.8 Å². The third-order valence-corrected chi connectivity index (χ3v) is 3.49. The van der Waals surface area contributed by atoms with Gasteiger partial charge in [-0.05, 0) is 30.0 Å². The maximum absolute atomic E-state index is 12.5. The number of amides is 1. The van der Waals surface area contributed by atoms with Crippen molar-refractivity contribution >= 4 is 16.8 Å². The molecule has 0 aliphatic rings.